The lowest BCUT2D eigenvalue weighted by atomic mass is 10.2. The quantitative estimate of drug-likeness (QED) is 0.788. The van der Waals surface area contributed by atoms with Gasteiger partial charge in [-0.05, 0) is 36.4 Å². The molecule has 0 saturated heterocycles. The van der Waals surface area contributed by atoms with Gasteiger partial charge >= 0.3 is 5.97 Å². The fraction of sp³-hybridized carbons (Fsp3) is 0.176. The van der Waals surface area contributed by atoms with Gasteiger partial charge in [-0.3, -0.25) is 4.79 Å². The third kappa shape index (κ3) is 4.39. The SMILES string of the molecule is COc1ccc(NC(=O)COC(=O)c2ccc(OC)cc2O)cc1. The van der Waals surface area contributed by atoms with Crippen molar-refractivity contribution in [1.29, 1.82) is 0 Å². The number of ether oxygens (including phenoxy) is 3. The van der Waals surface area contributed by atoms with Gasteiger partial charge in [-0.2, -0.15) is 0 Å². The molecule has 0 saturated carbocycles. The number of nitrogens with one attached hydrogen (secondary N) is 1. The molecule has 2 aromatic rings. The van der Waals surface area contributed by atoms with Crippen LogP contribution in [0.2, 0.25) is 0 Å². The average Bonchev–Trinajstić information content (AvgIpc) is 2.60. The summed E-state index contributed by atoms with van der Waals surface area (Å²) < 4.78 is 14.8. The highest BCUT2D eigenvalue weighted by molar-refractivity contribution is 5.96. The second-order valence-corrected chi connectivity index (χ2v) is 4.74. The van der Waals surface area contributed by atoms with E-state index in [4.69, 9.17) is 14.2 Å². The van der Waals surface area contributed by atoms with Gasteiger partial charge in [0.05, 0.1) is 14.2 Å². The van der Waals surface area contributed by atoms with Crippen molar-refractivity contribution in [3.05, 3.63) is 48.0 Å². The predicted molar refractivity (Wildman–Crippen MR) is 86.6 cm³/mol. The molecule has 24 heavy (non-hydrogen) atoms. The zero-order chi connectivity index (χ0) is 17.5. The van der Waals surface area contributed by atoms with Crippen LogP contribution in [-0.2, 0) is 9.53 Å². The summed E-state index contributed by atoms with van der Waals surface area (Å²) in [6.07, 6.45) is 0. The number of rotatable bonds is 6. The smallest absolute Gasteiger partial charge is 0.342 e. The number of hydrogen-bond donors (Lipinski definition) is 2. The van der Waals surface area contributed by atoms with Crippen molar-refractivity contribution in [3.63, 3.8) is 0 Å². The normalized spacial score (nSPS) is 9.92. The molecule has 0 bridgehead atoms. The molecule has 0 heterocycles. The van der Waals surface area contributed by atoms with Gasteiger partial charge in [0.15, 0.2) is 6.61 Å². The summed E-state index contributed by atoms with van der Waals surface area (Å²) in [6, 6.07) is 10.9. The van der Waals surface area contributed by atoms with Gasteiger partial charge in [-0.15, -0.1) is 0 Å². The number of anilines is 1. The van der Waals surface area contributed by atoms with Crippen molar-refractivity contribution < 1.29 is 28.9 Å². The number of phenolic OH excluding ortho intramolecular Hbond substituents is 1. The standard InChI is InChI=1S/C17H17NO6/c1-22-12-5-3-11(4-6-12)18-16(20)10-24-17(21)14-8-7-13(23-2)9-15(14)19/h3-9,19H,10H2,1-2H3,(H,18,20). The lowest BCUT2D eigenvalue weighted by Crippen LogP contribution is -2.20. The maximum Gasteiger partial charge on any atom is 0.342 e. The summed E-state index contributed by atoms with van der Waals surface area (Å²) in [6.45, 7) is -0.476. The maximum atomic E-state index is 11.9. The summed E-state index contributed by atoms with van der Waals surface area (Å²) in [5.41, 5.74) is 0.497. The first-order valence-corrected chi connectivity index (χ1v) is 7.01. The molecular weight excluding hydrogens is 314 g/mol. The molecule has 0 aromatic heterocycles. The third-order valence-electron chi connectivity index (χ3n) is 3.13. The Morgan fingerprint density at radius 1 is 1.00 bits per heavy atom. The molecule has 0 atom stereocenters. The monoisotopic (exact) mass is 331 g/mol. The highest BCUT2D eigenvalue weighted by atomic mass is 16.5. The van der Waals surface area contributed by atoms with Crippen LogP contribution in [0.4, 0.5) is 5.69 Å². The maximum absolute atomic E-state index is 11.9. The zero-order valence-corrected chi connectivity index (χ0v) is 13.2. The molecule has 2 rings (SSSR count). The number of carbonyl (C=O) groups excluding carboxylic acids is 2. The number of carbonyl (C=O) groups is 2. The van der Waals surface area contributed by atoms with Gasteiger partial charge in [-0.25, -0.2) is 4.79 Å². The largest absolute Gasteiger partial charge is 0.507 e. The molecular formula is C17H17NO6. The fourth-order valence-corrected chi connectivity index (χ4v) is 1.89. The lowest BCUT2D eigenvalue weighted by Gasteiger charge is -2.09. The van der Waals surface area contributed by atoms with Gasteiger partial charge in [0, 0.05) is 11.8 Å². The summed E-state index contributed by atoms with van der Waals surface area (Å²) >= 11 is 0. The highest BCUT2D eigenvalue weighted by Crippen LogP contribution is 2.24. The molecule has 0 radical (unpaired) electrons. The molecule has 0 aliphatic carbocycles. The molecule has 1 amide bonds. The third-order valence-corrected chi connectivity index (χ3v) is 3.13. The minimum Gasteiger partial charge on any atom is -0.507 e. The van der Waals surface area contributed by atoms with E-state index in [1.165, 1.54) is 25.3 Å². The number of aromatic hydroxyl groups is 1. The van der Waals surface area contributed by atoms with Gasteiger partial charge in [-0.1, -0.05) is 0 Å². The Bertz CT molecular complexity index is 726. The summed E-state index contributed by atoms with van der Waals surface area (Å²) in [5, 5.41) is 12.3. The van der Waals surface area contributed by atoms with Crippen LogP contribution >= 0.6 is 0 Å². The van der Waals surface area contributed by atoms with E-state index < -0.39 is 18.5 Å². The second kappa shape index (κ2) is 7.87. The summed E-state index contributed by atoms with van der Waals surface area (Å²) in [4.78, 5) is 23.7. The number of benzene rings is 2. The molecule has 2 aromatic carbocycles. The highest BCUT2D eigenvalue weighted by Gasteiger charge is 2.15. The number of methoxy groups -OCH3 is 2. The Morgan fingerprint density at radius 3 is 2.21 bits per heavy atom. The van der Waals surface area contributed by atoms with Gasteiger partial charge in [0.2, 0.25) is 0 Å². The molecule has 0 aliphatic rings. The fourth-order valence-electron chi connectivity index (χ4n) is 1.89. The van der Waals surface area contributed by atoms with Crippen LogP contribution in [0.25, 0.3) is 0 Å². The van der Waals surface area contributed by atoms with Crippen molar-refractivity contribution in [2.24, 2.45) is 0 Å². The Hall–Kier alpha value is -3.22. The van der Waals surface area contributed by atoms with Crippen LogP contribution in [0.1, 0.15) is 10.4 Å². The first-order chi connectivity index (χ1) is 11.5. The minimum absolute atomic E-state index is 0.0481. The van der Waals surface area contributed by atoms with E-state index in [0.29, 0.717) is 17.2 Å². The molecule has 0 fully saturated rings. The van der Waals surface area contributed by atoms with E-state index >= 15 is 0 Å². The number of phenols is 1. The van der Waals surface area contributed by atoms with E-state index in [0.717, 1.165) is 0 Å². The van der Waals surface area contributed by atoms with Crippen molar-refractivity contribution in [1.82, 2.24) is 0 Å². The van der Waals surface area contributed by atoms with Crippen LogP contribution in [-0.4, -0.2) is 37.8 Å². The van der Waals surface area contributed by atoms with Gasteiger partial charge in [0.1, 0.15) is 22.8 Å². The van der Waals surface area contributed by atoms with Crippen LogP contribution in [0, 0.1) is 0 Å². The zero-order valence-electron chi connectivity index (χ0n) is 13.2. The van der Waals surface area contributed by atoms with E-state index in [9.17, 15) is 14.7 Å². The Morgan fingerprint density at radius 2 is 1.62 bits per heavy atom. The molecule has 0 spiro atoms. The van der Waals surface area contributed by atoms with Crippen LogP contribution in [0.3, 0.4) is 0 Å². The van der Waals surface area contributed by atoms with E-state index in [1.807, 2.05) is 0 Å². The minimum atomic E-state index is -0.806. The first kappa shape index (κ1) is 17.1. The van der Waals surface area contributed by atoms with E-state index in [1.54, 1.807) is 31.4 Å². The Kier molecular flexibility index (Phi) is 5.62. The van der Waals surface area contributed by atoms with Gasteiger partial charge in [0.25, 0.3) is 5.91 Å². The van der Waals surface area contributed by atoms with Crippen LogP contribution in [0.5, 0.6) is 17.2 Å². The summed E-state index contributed by atoms with van der Waals surface area (Å²) in [5.74, 6) is -0.521. The summed E-state index contributed by atoms with van der Waals surface area (Å²) in [7, 11) is 2.98. The lowest BCUT2D eigenvalue weighted by molar-refractivity contribution is -0.119. The second-order valence-electron chi connectivity index (χ2n) is 4.74. The number of esters is 1. The van der Waals surface area contributed by atoms with Crippen LogP contribution < -0.4 is 14.8 Å². The molecule has 2 N–H and O–H groups in total. The topological polar surface area (TPSA) is 94.1 Å². The average molecular weight is 331 g/mol. The number of hydrogen-bond acceptors (Lipinski definition) is 6. The predicted octanol–water partition coefficient (Wildman–Crippen LogP) is 2.20. The number of amides is 1. The van der Waals surface area contributed by atoms with E-state index in [2.05, 4.69) is 5.32 Å². The van der Waals surface area contributed by atoms with E-state index in [-0.39, 0.29) is 11.3 Å². The molecule has 126 valence electrons. The first-order valence-electron chi connectivity index (χ1n) is 7.01. The molecule has 7 heteroatoms. The Labute approximate surface area is 138 Å². The van der Waals surface area contributed by atoms with Crippen molar-refractivity contribution in [2.75, 3.05) is 26.1 Å². The Balaban J connectivity index is 1.89. The van der Waals surface area contributed by atoms with Gasteiger partial charge < -0.3 is 24.6 Å². The molecule has 7 nitrogen and oxygen atoms in total. The molecule has 0 aliphatic heterocycles. The van der Waals surface area contributed by atoms with Crippen molar-refractivity contribution >= 4 is 17.6 Å². The van der Waals surface area contributed by atoms with Crippen molar-refractivity contribution in [2.45, 2.75) is 0 Å². The molecule has 0 unspecified atom stereocenters. The van der Waals surface area contributed by atoms with Crippen LogP contribution in [0.15, 0.2) is 42.5 Å². The van der Waals surface area contributed by atoms with Crippen molar-refractivity contribution in [3.8, 4) is 17.2 Å².